The Morgan fingerprint density at radius 2 is 1.29 bits per heavy atom. The van der Waals surface area contributed by atoms with Crippen molar-refractivity contribution in [2.45, 2.75) is 53.8 Å². The van der Waals surface area contributed by atoms with E-state index in [0.29, 0.717) is 6.61 Å². The second-order valence-electron chi connectivity index (χ2n) is 5.65. The third-order valence-electron chi connectivity index (χ3n) is 2.84. The predicted octanol–water partition coefficient (Wildman–Crippen LogP) is 1.92. The van der Waals surface area contributed by atoms with Gasteiger partial charge in [0.2, 0.25) is 0 Å². The van der Waals surface area contributed by atoms with Crippen LogP contribution >= 0.6 is 7.60 Å². The molecule has 0 aromatic rings. The van der Waals surface area contributed by atoms with E-state index >= 15 is 0 Å². The summed E-state index contributed by atoms with van der Waals surface area (Å²) >= 11 is 0. The molecule has 28 heavy (non-hydrogen) atoms. The van der Waals surface area contributed by atoms with E-state index in [1.54, 1.807) is 27.7 Å². The molecule has 0 saturated heterocycles. The van der Waals surface area contributed by atoms with Crippen molar-refractivity contribution in [3.63, 3.8) is 0 Å². The SMILES string of the molecule is CCOC(=O)C(C)COP(C)(=O)OC(C)C(=O)OCC.CCOC(=O)C(C)O. The minimum absolute atomic E-state index is 0.109. The van der Waals surface area contributed by atoms with Crippen LogP contribution in [0.25, 0.3) is 0 Å². The van der Waals surface area contributed by atoms with Crippen molar-refractivity contribution in [2.24, 2.45) is 5.92 Å². The Labute approximate surface area is 166 Å². The second kappa shape index (κ2) is 15.4. The van der Waals surface area contributed by atoms with Gasteiger partial charge in [0.25, 0.3) is 0 Å². The van der Waals surface area contributed by atoms with Gasteiger partial charge in [-0.3, -0.25) is 13.9 Å². The molecule has 0 aliphatic rings. The number of hydrogen-bond donors (Lipinski definition) is 1. The van der Waals surface area contributed by atoms with Crippen LogP contribution in [0.4, 0.5) is 0 Å². The topological polar surface area (TPSA) is 135 Å². The third-order valence-corrected chi connectivity index (χ3v) is 4.16. The summed E-state index contributed by atoms with van der Waals surface area (Å²) in [5, 5.41) is 8.48. The molecule has 0 rings (SSSR count). The molecule has 0 aliphatic carbocycles. The van der Waals surface area contributed by atoms with Crippen molar-refractivity contribution in [1.29, 1.82) is 0 Å². The van der Waals surface area contributed by atoms with Gasteiger partial charge in [0.1, 0.15) is 6.10 Å². The lowest BCUT2D eigenvalue weighted by Gasteiger charge is -2.19. The first kappa shape index (κ1) is 28.7. The summed E-state index contributed by atoms with van der Waals surface area (Å²) in [5.41, 5.74) is 0. The maximum atomic E-state index is 12.0. The van der Waals surface area contributed by atoms with Crippen molar-refractivity contribution in [3.8, 4) is 0 Å². The Bertz CT molecular complexity index is 520. The van der Waals surface area contributed by atoms with Crippen LogP contribution in [0.2, 0.25) is 0 Å². The number of esters is 3. The molecule has 0 aromatic heterocycles. The van der Waals surface area contributed by atoms with Gasteiger partial charge in [0.15, 0.2) is 6.10 Å². The van der Waals surface area contributed by atoms with Crippen molar-refractivity contribution in [3.05, 3.63) is 0 Å². The monoisotopic (exact) mass is 428 g/mol. The largest absolute Gasteiger partial charge is 0.466 e. The van der Waals surface area contributed by atoms with Crippen molar-refractivity contribution < 1.29 is 47.3 Å². The molecule has 10 nitrogen and oxygen atoms in total. The molecule has 0 aromatic carbocycles. The van der Waals surface area contributed by atoms with Crippen LogP contribution in [0, 0.1) is 5.92 Å². The zero-order valence-electron chi connectivity index (χ0n) is 17.6. The van der Waals surface area contributed by atoms with E-state index in [2.05, 4.69) is 4.74 Å². The first-order valence-corrected chi connectivity index (χ1v) is 11.0. The molecule has 1 N–H and O–H groups in total. The van der Waals surface area contributed by atoms with Crippen LogP contribution < -0.4 is 0 Å². The summed E-state index contributed by atoms with van der Waals surface area (Å²) in [5.74, 6) is -2.18. The Hall–Kier alpha value is -1.48. The van der Waals surface area contributed by atoms with E-state index in [1.165, 1.54) is 20.5 Å². The highest BCUT2D eigenvalue weighted by molar-refractivity contribution is 7.53. The van der Waals surface area contributed by atoms with Gasteiger partial charge >= 0.3 is 25.5 Å². The lowest BCUT2D eigenvalue weighted by Crippen LogP contribution is -2.24. The Morgan fingerprint density at radius 1 is 0.857 bits per heavy atom. The van der Waals surface area contributed by atoms with Gasteiger partial charge in [-0.05, 0) is 41.5 Å². The fourth-order valence-corrected chi connectivity index (χ4v) is 2.70. The summed E-state index contributed by atoms with van der Waals surface area (Å²) in [4.78, 5) is 33.0. The van der Waals surface area contributed by atoms with E-state index in [4.69, 9.17) is 23.6 Å². The van der Waals surface area contributed by atoms with Crippen LogP contribution in [-0.4, -0.2) is 68.3 Å². The normalized spacial score (nSPS) is 15.7. The van der Waals surface area contributed by atoms with E-state index in [0.717, 1.165) is 0 Å². The Balaban J connectivity index is 0. The van der Waals surface area contributed by atoms with Crippen molar-refractivity contribution >= 4 is 25.5 Å². The average Bonchev–Trinajstić information content (AvgIpc) is 2.60. The fraction of sp³-hybridized carbons (Fsp3) is 0.824. The lowest BCUT2D eigenvalue weighted by molar-refractivity contribution is -0.152. The fourth-order valence-electron chi connectivity index (χ4n) is 1.48. The second-order valence-corrected chi connectivity index (χ2v) is 7.66. The molecule has 4 atom stereocenters. The highest BCUT2D eigenvalue weighted by Gasteiger charge is 2.27. The van der Waals surface area contributed by atoms with Crippen LogP contribution in [0.5, 0.6) is 0 Å². The van der Waals surface area contributed by atoms with E-state index in [9.17, 15) is 18.9 Å². The number of carbonyl (C=O) groups excluding carboxylic acids is 3. The standard InChI is InChI=1S/C12H23O7P.C5H10O3/c1-6-16-11(13)9(3)8-18-20(5,15)19-10(4)12(14)17-7-2;1-3-8-5(7)4(2)6/h9-10H,6-8H2,1-5H3;4,6H,3H2,1-2H3. The van der Waals surface area contributed by atoms with Gasteiger partial charge < -0.3 is 23.8 Å². The molecule has 0 saturated carbocycles. The number of hydrogen-bond acceptors (Lipinski definition) is 10. The maximum Gasteiger partial charge on any atom is 0.335 e. The highest BCUT2D eigenvalue weighted by atomic mass is 31.2. The number of aliphatic hydroxyl groups excluding tert-OH is 1. The van der Waals surface area contributed by atoms with Crippen LogP contribution in [0.15, 0.2) is 0 Å². The van der Waals surface area contributed by atoms with Crippen LogP contribution in [0.1, 0.15) is 41.5 Å². The smallest absolute Gasteiger partial charge is 0.335 e. The van der Waals surface area contributed by atoms with E-state index in [1.807, 2.05) is 0 Å². The third kappa shape index (κ3) is 14.6. The number of carbonyl (C=O) groups is 3. The maximum absolute atomic E-state index is 12.0. The minimum atomic E-state index is -3.45. The molecular weight excluding hydrogens is 395 g/mol. The van der Waals surface area contributed by atoms with Gasteiger partial charge in [-0.1, -0.05) is 0 Å². The van der Waals surface area contributed by atoms with E-state index in [-0.39, 0.29) is 19.8 Å². The lowest BCUT2D eigenvalue weighted by atomic mass is 10.2. The average molecular weight is 428 g/mol. The van der Waals surface area contributed by atoms with Gasteiger partial charge in [-0.15, -0.1) is 0 Å². The van der Waals surface area contributed by atoms with Crippen LogP contribution in [-0.2, 0) is 42.2 Å². The molecule has 0 radical (unpaired) electrons. The first-order valence-electron chi connectivity index (χ1n) is 9.00. The summed E-state index contributed by atoms with van der Waals surface area (Å²) in [6.45, 7) is 11.4. The van der Waals surface area contributed by atoms with Gasteiger partial charge in [0.05, 0.1) is 32.3 Å². The molecule has 0 amide bonds. The molecule has 0 aliphatic heterocycles. The molecule has 4 unspecified atom stereocenters. The quantitative estimate of drug-likeness (QED) is 0.295. The number of rotatable bonds is 11. The summed E-state index contributed by atoms with van der Waals surface area (Å²) in [7, 11) is -3.45. The van der Waals surface area contributed by atoms with Crippen molar-refractivity contribution in [2.75, 3.05) is 33.1 Å². The minimum Gasteiger partial charge on any atom is -0.466 e. The highest BCUT2D eigenvalue weighted by Crippen LogP contribution is 2.45. The van der Waals surface area contributed by atoms with Gasteiger partial charge in [-0.2, -0.15) is 0 Å². The summed E-state index contributed by atoms with van der Waals surface area (Å²) in [6.07, 6.45) is -1.99. The first-order chi connectivity index (χ1) is 12.9. The summed E-state index contributed by atoms with van der Waals surface area (Å²) < 4.78 is 36.1. The predicted molar refractivity (Wildman–Crippen MR) is 101 cm³/mol. The Morgan fingerprint density at radius 3 is 1.68 bits per heavy atom. The van der Waals surface area contributed by atoms with Crippen molar-refractivity contribution in [1.82, 2.24) is 0 Å². The number of ether oxygens (including phenoxy) is 3. The molecule has 0 bridgehead atoms. The molecule has 0 spiro atoms. The van der Waals surface area contributed by atoms with E-state index < -0.39 is 43.6 Å². The molecule has 0 heterocycles. The van der Waals surface area contributed by atoms with Crippen LogP contribution in [0.3, 0.4) is 0 Å². The van der Waals surface area contributed by atoms with Gasteiger partial charge in [0, 0.05) is 6.66 Å². The zero-order chi connectivity index (χ0) is 22.3. The Kier molecular flexibility index (Phi) is 15.8. The molecule has 11 heteroatoms. The zero-order valence-corrected chi connectivity index (χ0v) is 18.5. The van der Waals surface area contributed by atoms with Gasteiger partial charge in [-0.25, -0.2) is 9.59 Å². The molecule has 0 fully saturated rings. The molecule has 166 valence electrons. The summed E-state index contributed by atoms with van der Waals surface area (Å²) in [6, 6.07) is 0. The molecular formula is C17H33O10P. The number of aliphatic hydroxyl groups is 1.